The van der Waals surface area contributed by atoms with E-state index >= 15 is 0 Å². The topological polar surface area (TPSA) is 17.8 Å². The molecule has 11 heavy (non-hydrogen) atoms. The second-order valence-electron chi connectivity index (χ2n) is 2.86. The Morgan fingerprint density at radius 1 is 1.64 bits per heavy atom. The molecule has 1 saturated carbocycles. The van der Waals surface area contributed by atoms with Crippen molar-refractivity contribution in [2.24, 2.45) is 0 Å². The molecule has 1 heterocycles. The lowest BCUT2D eigenvalue weighted by Gasteiger charge is -2.29. The van der Waals surface area contributed by atoms with Crippen molar-refractivity contribution >= 4 is 22.6 Å². The Kier molecular flexibility index (Phi) is 1.86. The van der Waals surface area contributed by atoms with Gasteiger partial charge in [0.1, 0.15) is 6.17 Å². The maximum Gasteiger partial charge on any atom is 0.104 e. The molecule has 0 saturated heterocycles. The van der Waals surface area contributed by atoms with E-state index in [1.54, 1.807) is 6.20 Å². The molecule has 0 amide bonds. The highest BCUT2D eigenvalue weighted by atomic mass is 127. The Labute approximate surface area is 77.9 Å². The van der Waals surface area contributed by atoms with Gasteiger partial charge in [0.15, 0.2) is 0 Å². The van der Waals surface area contributed by atoms with E-state index in [9.17, 15) is 4.39 Å². The van der Waals surface area contributed by atoms with Crippen LogP contribution in [0, 0.1) is 3.57 Å². The normalized spacial score (nSPS) is 30.0. The average molecular weight is 266 g/mol. The van der Waals surface area contributed by atoms with E-state index in [-0.39, 0.29) is 0 Å². The lowest BCUT2D eigenvalue weighted by Crippen LogP contribution is -2.28. The molecule has 0 atom stereocenters. The first-order chi connectivity index (χ1) is 5.25. The fourth-order valence-corrected chi connectivity index (χ4v) is 1.66. The van der Waals surface area contributed by atoms with Gasteiger partial charge >= 0.3 is 0 Å². The van der Waals surface area contributed by atoms with Crippen molar-refractivity contribution in [3.05, 3.63) is 16.0 Å². The predicted molar refractivity (Wildman–Crippen MR) is 48.1 cm³/mol. The standard InChI is InChI=1S/C7H8FIN2/c8-5-1-7(2-5)11-4-6(9)3-10-11/h3-5,7H,1-2H2/t5-,7-. The summed E-state index contributed by atoms with van der Waals surface area (Å²) in [6.07, 6.45) is 4.43. The first-order valence-electron chi connectivity index (χ1n) is 3.59. The van der Waals surface area contributed by atoms with Gasteiger partial charge in [0, 0.05) is 19.0 Å². The van der Waals surface area contributed by atoms with Gasteiger partial charge in [0.25, 0.3) is 0 Å². The van der Waals surface area contributed by atoms with Crippen molar-refractivity contribution in [3.8, 4) is 0 Å². The van der Waals surface area contributed by atoms with Crippen LogP contribution in [-0.2, 0) is 0 Å². The third kappa shape index (κ3) is 1.40. The van der Waals surface area contributed by atoms with E-state index in [0.717, 1.165) is 3.57 Å². The van der Waals surface area contributed by atoms with Crippen molar-refractivity contribution < 1.29 is 4.39 Å². The molecule has 1 aliphatic rings. The second-order valence-corrected chi connectivity index (χ2v) is 4.11. The zero-order valence-corrected chi connectivity index (χ0v) is 8.03. The molecule has 1 aromatic rings. The van der Waals surface area contributed by atoms with Crippen LogP contribution in [0.5, 0.6) is 0 Å². The highest BCUT2D eigenvalue weighted by molar-refractivity contribution is 14.1. The van der Waals surface area contributed by atoms with Gasteiger partial charge in [0.2, 0.25) is 0 Å². The van der Waals surface area contributed by atoms with Crippen LogP contribution < -0.4 is 0 Å². The summed E-state index contributed by atoms with van der Waals surface area (Å²) in [6.45, 7) is 0. The summed E-state index contributed by atoms with van der Waals surface area (Å²) in [6, 6.07) is 0.313. The highest BCUT2D eigenvalue weighted by Crippen LogP contribution is 2.33. The summed E-state index contributed by atoms with van der Waals surface area (Å²) < 4.78 is 15.4. The van der Waals surface area contributed by atoms with Crippen LogP contribution in [0.4, 0.5) is 4.39 Å². The molecule has 0 bridgehead atoms. The molecular weight excluding hydrogens is 258 g/mol. The van der Waals surface area contributed by atoms with Crippen LogP contribution >= 0.6 is 22.6 Å². The SMILES string of the molecule is F[C@H]1C[C@H](n2cc(I)cn2)C1. The Balaban J connectivity index is 2.07. The minimum atomic E-state index is -0.595. The lowest BCUT2D eigenvalue weighted by molar-refractivity contribution is 0.128. The Hall–Kier alpha value is -0.130. The van der Waals surface area contributed by atoms with E-state index in [0.29, 0.717) is 18.9 Å². The molecule has 2 rings (SSSR count). The monoisotopic (exact) mass is 266 g/mol. The average Bonchev–Trinajstić information content (AvgIpc) is 2.29. The van der Waals surface area contributed by atoms with Crippen molar-refractivity contribution in [1.29, 1.82) is 0 Å². The number of alkyl halides is 1. The molecule has 1 aromatic heterocycles. The van der Waals surface area contributed by atoms with Crippen LogP contribution in [0.3, 0.4) is 0 Å². The number of nitrogens with zero attached hydrogens (tertiary/aromatic N) is 2. The predicted octanol–water partition coefficient (Wildman–Crippen LogP) is 2.16. The highest BCUT2D eigenvalue weighted by Gasteiger charge is 2.30. The van der Waals surface area contributed by atoms with Gasteiger partial charge in [-0.05, 0) is 22.6 Å². The van der Waals surface area contributed by atoms with Crippen LogP contribution in [0.25, 0.3) is 0 Å². The van der Waals surface area contributed by atoms with Gasteiger partial charge in [-0.25, -0.2) is 4.39 Å². The summed E-state index contributed by atoms with van der Waals surface area (Å²) in [4.78, 5) is 0. The molecule has 0 N–H and O–H groups in total. The number of rotatable bonds is 1. The first-order valence-corrected chi connectivity index (χ1v) is 4.67. The Bertz CT molecular complexity index is 255. The molecule has 60 valence electrons. The Morgan fingerprint density at radius 3 is 2.82 bits per heavy atom. The molecule has 0 radical (unpaired) electrons. The van der Waals surface area contributed by atoms with E-state index in [1.807, 2.05) is 10.9 Å². The number of hydrogen-bond donors (Lipinski definition) is 0. The third-order valence-corrected chi connectivity index (χ3v) is 2.56. The Morgan fingerprint density at radius 2 is 2.36 bits per heavy atom. The zero-order valence-electron chi connectivity index (χ0n) is 5.87. The van der Waals surface area contributed by atoms with Gasteiger partial charge < -0.3 is 0 Å². The summed E-state index contributed by atoms with van der Waals surface area (Å²) >= 11 is 2.20. The number of aromatic nitrogens is 2. The van der Waals surface area contributed by atoms with Crippen molar-refractivity contribution in [2.45, 2.75) is 25.1 Å². The van der Waals surface area contributed by atoms with E-state index in [2.05, 4.69) is 27.7 Å². The van der Waals surface area contributed by atoms with E-state index < -0.39 is 6.17 Å². The number of hydrogen-bond acceptors (Lipinski definition) is 1. The van der Waals surface area contributed by atoms with Gasteiger partial charge in [0.05, 0.1) is 15.8 Å². The molecule has 1 aliphatic carbocycles. The van der Waals surface area contributed by atoms with Gasteiger partial charge in [-0.15, -0.1) is 0 Å². The van der Waals surface area contributed by atoms with Crippen molar-refractivity contribution in [3.63, 3.8) is 0 Å². The molecule has 0 aliphatic heterocycles. The van der Waals surface area contributed by atoms with Crippen LogP contribution in [0.15, 0.2) is 12.4 Å². The van der Waals surface area contributed by atoms with Gasteiger partial charge in [-0.3, -0.25) is 4.68 Å². The maximum atomic E-state index is 12.4. The largest absolute Gasteiger partial charge is 0.268 e. The minimum absolute atomic E-state index is 0.313. The van der Waals surface area contributed by atoms with Crippen LogP contribution in [-0.4, -0.2) is 16.0 Å². The fourth-order valence-electron chi connectivity index (χ4n) is 1.25. The summed E-state index contributed by atoms with van der Waals surface area (Å²) in [7, 11) is 0. The zero-order chi connectivity index (χ0) is 7.84. The van der Waals surface area contributed by atoms with Gasteiger partial charge in [-0.1, -0.05) is 0 Å². The molecule has 0 unspecified atom stereocenters. The smallest absolute Gasteiger partial charge is 0.104 e. The molecule has 4 heteroatoms. The first kappa shape index (κ1) is 7.52. The number of halogens is 2. The van der Waals surface area contributed by atoms with Crippen molar-refractivity contribution in [1.82, 2.24) is 9.78 Å². The molecule has 2 nitrogen and oxygen atoms in total. The van der Waals surface area contributed by atoms with Gasteiger partial charge in [-0.2, -0.15) is 5.10 Å². The molecular formula is C7H8FIN2. The van der Waals surface area contributed by atoms with Crippen LogP contribution in [0.2, 0.25) is 0 Å². The van der Waals surface area contributed by atoms with E-state index in [1.165, 1.54) is 0 Å². The quantitative estimate of drug-likeness (QED) is 0.712. The third-order valence-electron chi connectivity index (χ3n) is 2.00. The fraction of sp³-hybridized carbons (Fsp3) is 0.571. The maximum absolute atomic E-state index is 12.4. The summed E-state index contributed by atoms with van der Waals surface area (Å²) in [5, 5.41) is 4.11. The van der Waals surface area contributed by atoms with Crippen molar-refractivity contribution in [2.75, 3.05) is 0 Å². The molecule has 0 aromatic carbocycles. The summed E-state index contributed by atoms with van der Waals surface area (Å²) in [5.74, 6) is 0. The molecule has 1 fully saturated rings. The molecule has 0 spiro atoms. The summed E-state index contributed by atoms with van der Waals surface area (Å²) in [5.41, 5.74) is 0. The van der Waals surface area contributed by atoms with E-state index in [4.69, 9.17) is 0 Å². The second kappa shape index (κ2) is 2.73. The van der Waals surface area contributed by atoms with Crippen LogP contribution in [0.1, 0.15) is 18.9 Å². The lowest BCUT2D eigenvalue weighted by atomic mass is 9.91. The minimum Gasteiger partial charge on any atom is -0.268 e.